The van der Waals surface area contributed by atoms with E-state index in [2.05, 4.69) is 10.3 Å². The zero-order valence-corrected chi connectivity index (χ0v) is 15.1. The monoisotopic (exact) mass is 371 g/mol. The summed E-state index contributed by atoms with van der Waals surface area (Å²) >= 11 is 7.36. The van der Waals surface area contributed by atoms with Gasteiger partial charge in [-0.1, -0.05) is 54.1 Å². The Morgan fingerprint density at radius 2 is 1.92 bits per heavy atom. The first kappa shape index (κ1) is 17.6. The van der Waals surface area contributed by atoms with E-state index in [4.69, 9.17) is 17.3 Å². The van der Waals surface area contributed by atoms with Gasteiger partial charge in [-0.2, -0.15) is 0 Å². The maximum atomic E-state index is 12.3. The first-order valence-corrected chi connectivity index (χ1v) is 9.15. The summed E-state index contributed by atoms with van der Waals surface area (Å²) in [5.41, 5.74) is 8.71. The molecule has 6 heteroatoms. The van der Waals surface area contributed by atoms with Gasteiger partial charge in [0.05, 0.1) is 6.04 Å². The zero-order chi connectivity index (χ0) is 17.6. The van der Waals surface area contributed by atoms with Crippen LogP contribution >= 0.6 is 22.9 Å². The SMILES string of the molecule is NC(Cc1ccccc1)c1nc(C(=O)NCc2cccc(Cl)c2)cs1. The fraction of sp³-hybridized carbons (Fsp3) is 0.158. The van der Waals surface area contributed by atoms with Crippen LogP contribution < -0.4 is 11.1 Å². The van der Waals surface area contributed by atoms with Gasteiger partial charge in [-0.15, -0.1) is 11.3 Å². The van der Waals surface area contributed by atoms with Crippen molar-refractivity contribution in [3.8, 4) is 0 Å². The van der Waals surface area contributed by atoms with Crippen LogP contribution in [0.1, 0.15) is 32.7 Å². The Morgan fingerprint density at radius 3 is 2.68 bits per heavy atom. The van der Waals surface area contributed by atoms with E-state index in [0.717, 1.165) is 16.1 Å². The summed E-state index contributed by atoms with van der Waals surface area (Å²) in [6.45, 7) is 0.405. The zero-order valence-electron chi connectivity index (χ0n) is 13.5. The van der Waals surface area contributed by atoms with E-state index < -0.39 is 0 Å². The van der Waals surface area contributed by atoms with E-state index >= 15 is 0 Å². The fourth-order valence-electron chi connectivity index (χ4n) is 2.44. The number of thiazole rings is 1. The lowest BCUT2D eigenvalue weighted by molar-refractivity contribution is 0.0946. The minimum Gasteiger partial charge on any atom is -0.347 e. The van der Waals surface area contributed by atoms with Crippen LogP contribution in [-0.2, 0) is 13.0 Å². The van der Waals surface area contributed by atoms with Crippen LogP contribution in [0.2, 0.25) is 5.02 Å². The van der Waals surface area contributed by atoms with E-state index in [1.165, 1.54) is 11.3 Å². The largest absolute Gasteiger partial charge is 0.347 e. The van der Waals surface area contributed by atoms with Gasteiger partial charge in [-0.25, -0.2) is 4.98 Å². The number of amides is 1. The Kier molecular flexibility index (Phi) is 5.81. The first-order chi connectivity index (χ1) is 12.1. The second kappa shape index (κ2) is 8.25. The lowest BCUT2D eigenvalue weighted by Crippen LogP contribution is -2.23. The normalized spacial score (nSPS) is 11.9. The predicted molar refractivity (Wildman–Crippen MR) is 102 cm³/mol. The van der Waals surface area contributed by atoms with Gasteiger partial charge in [-0.3, -0.25) is 4.79 Å². The molecule has 0 bridgehead atoms. The highest BCUT2D eigenvalue weighted by atomic mass is 35.5. The van der Waals surface area contributed by atoms with Crippen LogP contribution in [0.3, 0.4) is 0 Å². The average Bonchev–Trinajstić information content (AvgIpc) is 3.11. The summed E-state index contributed by atoms with van der Waals surface area (Å²) in [6, 6.07) is 17.2. The van der Waals surface area contributed by atoms with Crippen molar-refractivity contribution in [3.63, 3.8) is 0 Å². The van der Waals surface area contributed by atoms with Crippen LogP contribution in [0.15, 0.2) is 60.0 Å². The van der Waals surface area contributed by atoms with Crippen LogP contribution in [0.25, 0.3) is 0 Å². The van der Waals surface area contributed by atoms with Crippen molar-refractivity contribution in [2.24, 2.45) is 5.73 Å². The Bertz CT molecular complexity index is 851. The summed E-state index contributed by atoms with van der Waals surface area (Å²) in [5, 5.41) is 6.00. The first-order valence-electron chi connectivity index (χ1n) is 7.89. The Labute approximate surface area is 155 Å². The predicted octanol–water partition coefficient (Wildman–Crippen LogP) is 3.97. The molecule has 25 heavy (non-hydrogen) atoms. The quantitative estimate of drug-likeness (QED) is 0.688. The van der Waals surface area contributed by atoms with E-state index in [9.17, 15) is 4.79 Å². The molecule has 0 aliphatic rings. The van der Waals surface area contributed by atoms with E-state index in [0.29, 0.717) is 23.7 Å². The Balaban J connectivity index is 1.59. The molecule has 1 heterocycles. The molecule has 3 aromatic rings. The lowest BCUT2D eigenvalue weighted by atomic mass is 10.1. The summed E-state index contributed by atoms with van der Waals surface area (Å²) in [6.07, 6.45) is 0.692. The lowest BCUT2D eigenvalue weighted by Gasteiger charge is -2.08. The highest BCUT2D eigenvalue weighted by molar-refractivity contribution is 7.09. The van der Waals surface area contributed by atoms with Crippen molar-refractivity contribution in [3.05, 3.63) is 86.8 Å². The third-order valence-corrected chi connectivity index (χ3v) is 4.92. The molecule has 3 N–H and O–H groups in total. The topological polar surface area (TPSA) is 68.0 Å². The number of hydrogen-bond acceptors (Lipinski definition) is 4. The highest BCUT2D eigenvalue weighted by Crippen LogP contribution is 2.20. The van der Waals surface area contributed by atoms with Crippen LogP contribution in [-0.4, -0.2) is 10.9 Å². The third kappa shape index (κ3) is 4.89. The second-order valence-corrected chi connectivity index (χ2v) is 7.01. The molecule has 4 nitrogen and oxygen atoms in total. The maximum absolute atomic E-state index is 12.3. The minimum atomic E-state index is -0.220. The number of rotatable bonds is 6. The summed E-state index contributed by atoms with van der Waals surface area (Å²) in [4.78, 5) is 16.6. The van der Waals surface area contributed by atoms with Gasteiger partial charge in [0.15, 0.2) is 0 Å². The molecule has 0 radical (unpaired) electrons. The van der Waals surface area contributed by atoms with Gasteiger partial charge in [0.25, 0.3) is 5.91 Å². The van der Waals surface area contributed by atoms with Crippen molar-refractivity contribution in [1.82, 2.24) is 10.3 Å². The maximum Gasteiger partial charge on any atom is 0.271 e. The molecular formula is C19H18ClN3OS. The van der Waals surface area contributed by atoms with Gasteiger partial charge in [0, 0.05) is 16.9 Å². The molecule has 128 valence electrons. The van der Waals surface area contributed by atoms with Gasteiger partial charge < -0.3 is 11.1 Å². The molecule has 0 spiro atoms. The van der Waals surface area contributed by atoms with E-state index in [-0.39, 0.29) is 11.9 Å². The van der Waals surface area contributed by atoms with E-state index in [1.54, 1.807) is 11.4 Å². The summed E-state index contributed by atoms with van der Waals surface area (Å²) < 4.78 is 0. The number of hydrogen-bond donors (Lipinski definition) is 2. The number of carbonyl (C=O) groups is 1. The molecule has 2 aromatic carbocycles. The van der Waals surface area contributed by atoms with Crippen LogP contribution in [0, 0.1) is 0 Å². The van der Waals surface area contributed by atoms with Crippen molar-refractivity contribution in [1.29, 1.82) is 0 Å². The molecule has 0 saturated carbocycles. The second-order valence-electron chi connectivity index (χ2n) is 5.68. The van der Waals surface area contributed by atoms with E-state index in [1.807, 2.05) is 48.5 Å². The van der Waals surface area contributed by atoms with Crippen LogP contribution in [0.5, 0.6) is 0 Å². The molecule has 0 aliphatic carbocycles. The van der Waals surface area contributed by atoms with Crippen LogP contribution in [0.4, 0.5) is 0 Å². The average molecular weight is 372 g/mol. The number of carbonyl (C=O) groups excluding carboxylic acids is 1. The number of nitrogens with one attached hydrogen (secondary N) is 1. The molecule has 1 amide bonds. The van der Waals surface area contributed by atoms with Gasteiger partial charge in [0.2, 0.25) is 0 Å². The molecule has 1 aromatic heterocycles. The Morgan fingerprint density at radius 1 is 1.16 bits per heavy atom. The molecular weight excluding hydrogens is 354 g/mol. The van der Waals surface area contributed by atoms with Crippen molar-refractivity contribution < 1.29 is 4.79 Å². The summed E-state index contributed by atoms with van der Waals surface area (Å²) in [5.74, 6) is -0.214. The number of aromatic nitrogens is 1. The van der Waals surface area contributed by atoms with Crippen molar-refractivity contribution in [2.45, 2.75) is 19.0 Å². The molecule has 0 fully saturated rings. The van der Waals surface area contributed by atoms with Crippen molar-refractivity contribution >= 4 is 28.8 Å². The minimum absolute atomic E-state index is 0.214. The molecule has 0 saturated heterocycles. The molecule has 1 unspecified atom stereocenters. The Hall–Kier alpha value is -2.21. The smallest absolute Gasteiger partial charge is 0.271 e. The number of nitrogens with two attached hydrogens (primary N) is 1. The molecule has 1 atom stereocenters. The standard InChI is InChI=1S/C19H18ClN3OS/c20-15-8-4-7-14(9-15)11-22-18(24)17-12-25-19(23-17)16(21)10-13-5-2-1-3-6-13/h1-9,12,16H,10-11,21H2,(H,22,24). The molecule has 3 rings (SSSR count). The fourth-order valence-corrected chi connectivity index (χ4v) is 3.45. The third-order valence-electron chi connectivity index (χ3n) is 3.71. The van der Waals surface area contributed by atoms with Gasteiger partial charge in [-0.05, 0) is 29.7 Å². The van der Waals surface area contributed by atoms with Gasteiger partial charge >= 0.3 is 0 Å². The number of benzene rings is 2. The van der Waals surface area contributed by atoms with Crippen molar-refractivity contribution in [2.75, 3.05) is 0 Å². The number of nitrogens with zero attached hydrogens (tertiary/aromatic N) is 1. The number of halogens is 1. The van der Waals surface area contributed by atoms with Gasteiger partial charge in [0.1, 0.15) is 10.7 Å². The highest BCUT2D eigenvalue weighted by Gasteiger charge is 2.15. The summed E-state index contributed by atoms with van der Waals surface area (Å²) in [7, 11) is 0. The molecule has 0 aliphatic heterocycles.